The second-order valence-corrected chi connectivity index (χ2v) is 6.43. The lowest BCUT2D eigenvalue weighted by atomic mass is 10.2. The van der Waals surface area contributed by atoms with E-state index in [1.54, 1.807) is 12.1 Å². The van der Waals surface area contributed by atoms with Gasteiger partial charge in [0.15, 0.2) is 5.75 Å². The van der Waals surface area contributed by atoms with E-state index in [1.807, 2.05) is 30.3 Å². The first-order valence-electron chi connectivity index (χ1n) is 8.08. The second kappa shape index (κ2) is 9.16. The average Bonchev–Trinajstić information content (AvgIpc) is 2.68. The Hall–Kier alpha value is -3.16. The van der Waals surface area contributed by atoms with Gasteiger partial charge in [-0.05, 0) is 29.3 Å². The molecule has 0 atom stereocenters. The number of aromatic nitrogens is 1. The highest BCUT2D eigenvalue weighted by molar-refractivity contribution is 6.37. The molecule has 142 valence electrons. The Morgan fingerprint density at radius 2 is 1.86 bits per heavy atom. The monoisotopic (exact) mass is 416 g/mol. The molecule has 9 heteroatoms. The molecule has 0 bridgehead atoms. The van der Waals surface area contributed by atoms with E-state index in [0.717, 1.165) is 11.8 Å². The summed E-state index contributed by atoms with van der Waals surface area (Å²) < 4.78 is 5.72. The first-order valence-corrected chi connectivity index (χ1v) is 8.84. The Bertz CT molecular complexity index is 973. The van der Waals surface area contributed by atoms with Gasteiger partial charge in [0.25, 0.3) is 5.69 Å². The van der Waals surface area contributed by atoms with Crippen LogP contribution in [-0.2, 0) is 6.61 Å². The zero-order valence-electron chi connectivity index (χ0n) is 14.4. The van der Waals surface area contributed by atoms with E-state index in [4.69, 9.17) is 27.9 Å². The van der Waals surface area contributed by atoms with Crippen LogP contribution in [0.25, 0.3) is 0 Å². The molecule has 1 aromatic heterocycles. The third kappa shape index (κ3) is 5.18. The van der Waals surface area contributed by atoms with Gasteiger partial charge in [-0.3, -0.25) is 15.5 Å². The molecular formula is C19H14Cl2N4O3. The molecule has 2 aromatic carbocycles. The maximum atomic E-state index is 10.6. The van der Waals surface area contributed by atoms with Crippen molar-refractivity contribution < 1.29 is 9.66 Å². The van der Waals surface area contributed by atoms with Crippen LogP contribution in [0.5, 0.6) is 5.75 Å². The van der Waals surface area contributed by atoms with E-state index in [2.05, 4.69) is 15.5 Å². The second-order valence-electron chi connectivity index (χ2n) is 5.62. The van der Waals surface area contributed by atoms with Gasteiger partial charge in [-0.25, -0.2) is 4.98 Å². The fourth-order valence-electron chi connectivity index (χ4n) is 2.25. The summed E-state index contributed by atoms with van der Waals surface area (Å²) in [5, 5.41) is 15.4. The molecule has 0 saturated heterocycles. The van der Waals surface area contributed by atoms with Gasteiger partial charge in [-0.15, -0.1) is 0 Å². The Morgan fingerprint density at radius 1 is 1.14 bits per heavy atom. The Balaban J connectivity index is 1.64. The van der Waals surface area contributed by atoms with Crippen LogP contribution in [-0.4, -0.2) is 16.1 Å². The molecule has 0 saturated carbocycles. The van der Waals surface area contributed by atoms with Crippen molar-refractivity contribution in [1.29, 1.82) is 0 Å². The molecule has 0 aliphatic carbocycles. The summed E-state index contributed by atoms with van der Waals surface area (Å²) in [7, 11) is 0. The highest BCUT2D eigenvalue weighted by Crippen LogP contribution is 2.34. The number of nitro groups is 1. The molecule has 0 unspecified atom stereocenters. The molecule has 3 aromatic rings. The van der Waals surface area contributed by atoms with E-state index >= 15 is 0 Å². The fraction of sp³-hybridized carbons (Fsp3) is 0.0526. The van der Waals surface area contributed by atoms with E-state index in [-0.39, 0.29) is 5.69 Å². The number of hydrogen-bond donors (Lipinski definition) is 1. The molecule has 0 amide bonds. The smallest absolute Gasteiger partial charge is 0.287 e. The number of pyridine rings is 1. The molecule has 1 heterocycles. The lowest BCUT2D eigenvalue weighted by molar-refractivity contribution is -0.385. The van der Waals surface area contributed by atoms with Gasteiger partial charge < -0.3 is 4.74 Å². The molecule has 0 aliphatic rings. The number of benzene rings is 2. The minimum absolute atomic E-state index is 0.0980. The molecule has 0 fully saturated rings. The van der Waals surface area contributed by atoms with Gasteiger partial charge in [0.1, 0.15) is 18.6 Å². The normalized spacial score (nSPS) is 10.8. The summed E-state index contributed by atoms with van der Waals surface area (Å²) >= 11 is 12.6. The zero-order valence-corrected chi connectivity index (χ0v) is 15.9. The molecule has 7 nitrogen and oxygen atoms in total. The third-order valence-corrected chi connectivity index (χ3v) is 4.16. The summed E-state index contributed by atoms with van der Waals surface area (Å²) in [4.78, 5) is 14.0. The zero-order chi connectivity index (χ0) is 19.9. The van der Waals surface area contributed by atoms with Crippen LogP contribution in [0, 0.1) is 10.1 Å². The molecule has 1 N–H and O–H groups in total. The van der Waals surface area contributed by atoms with Gasteiger partial charge in [-0.1, -0.05) is 53.5 Å². The van der Waals surface area contributed by atoms with Crippen LogP contribution in [0.1, 0.15) is 11.1 Å². The number of hydrazone groups is 1. The summed E-state index contributed by atoms with van der Waals surface area (Å²) in [5.74, 6) is 0.760. The molecule has 0 radical (unpaired) electrons. The third-order valence-electron chi connectivity index (χ3n) is 3.60. The van der Waals surface area contributed by atoms with Crippen LogP contribution in [0.3, 0.4) is 0 Å². The summed E-state index contributed by atoms with van der Waals surface area (Å²) in [6.45, 7) is 0.348. The van der Waals surface area contributed by atoms with Gasteiger partial charge in [0.05, 0.1) is 21.2 Å². The van der Waals surface area contributed by atoms with Crippen LogP contribution in [0.15, 0.2) is 65.9 Å². The Morgan fingerprint density at radius 3 is 2.46 bits per heavy atom. The van der Waals surface area contributed by atoms with Crippen molar-refractivity contribution in [3.63, 3.8) is 0 Å². The van der Waals surface area contributed by atoms with E-state index in [0.29, 0.717) is 33.8 Å². The number of rotatable bonds is 7. The van der Waals surface area contributed by atoms with E-state index in [9.17, 15) is 10.1 Å². The molecule has 28 heavy (non-hydrogen) atoms. The molecular weight excluding hydrogens is 403 g/mol. The Kier molecular flexibility index (Phi) is 6.41. The van der Waals surface area contributed by atoms with Crippen molar-refractivity contribution in [3.8, 4) is 5.75 Å². The number of halogens is 2. The highest BCUT2D eigenvalue weighted by atomic mass is 35.5. The summed E-state index contributed by atoms with van der Waals surface area (Å²) in [5.41, 5.74) is 4.23. The van der Waals surface area contributed by atoms with E-state index in [1.165, 1.54) is 18.3 Å². The maximum Gasteiger partial charge on any atom is 0.287 e. The Labute approximate surface area is 170 Å². The number of anilines is 1. The summed E-state index contributed by atoms with van der Waals surface area (Å²) in [6, 6.07) is 15.8. The van der Waals surface area contributed by atoms with Crippen molar-refractivity contribution in [3.05, 3.63) is 92.1 Å². The first-order chi connectivity index (χ1) is 13.5. The van der Waals surface area contributed by atoms with Gasteiger partial charge in [0.2, 0.25) is 0 Å². The lowest BCUT2D eigenvalue weighted by Gasteiger charge is -2.11. The van der Waals surface area contributed by atoms with Crippen LogP contribution >= 0.6 is 23.2 Å². The van der Waals surface area contributed by atoms with Crippen molar-refractivity contribution >= 4 is 40.9 Å². The SMILES string of the molecule is O=[N+]([O-])c1ccc(N/N=C/c2cc(Cl)c(OCc3ccccc3)c(Cl)c2)nc1. The maximum absolute atomic E-state index is 10.6. The number of nitrogens with zero attached hydrogens (tertiary/aromatic N) is 3. The number of ether oxygens (including phenoxy) is 1. The van der Waals surface area contributed by atoms with Crippen LogP contribution < -0.4 is 10.2 Å². The van der Waals surface area contributed by atoms with Crippen LogP contribution in [0.4, 0.5) is 11.5 Å². The van der Waals surface area contributed by atoms with Crippen molar-refractivity contribution in [2.24, 2.45) is 5.10 Å². The molecule has 3 rings (SSSR count). The van der Waals surface area contributed by atoms with Gasteiger partial charge in [0, 0.05) is 6.07 Å². The lowest BCUT2D eigenvalue weighted by Crippen LogP contribution is -1.98. The minimum atomic E-state index is -0.522. The van der Waals surface area contributed by atoms with Gasteiger partial charge >= 0.3 is 0 Å². The first kappa shape index (κ1) is 19.6. The van der Waals surface area contributed by atoms with E-state index < -0.39 is 4.92 Å². The van der Waals surface area contributed by atoms with Crippen molar-refractivity contribution in [2.75, 3.05) is 5.43 Å². The number of hydrogen-bond acceptors (Lipinski definition) is 6. The topological polar surface area (TPSA) is 89.7 Å². The predicted molar refractivity (Wildman–Crippen MR) is 109 cm³/mol. The minimum Gasteiger partial charge on any atom is -0.486 e. The largest absolute Gasteiger partial charge is 0.486 e. The average molecular weight is 417 g/mol. The standard InChI is InChI=1S/C19H14Cl2N4O3/c20-16-8-14(10-23-24-18-7-6-15(11-22-18)25(26)27)9-17(21)19(16)28-12-13-4-2-1-3-5-13/h1-11H,12H2,(H,22,24)/b23-10+. The van der Waals surface area contributed by atoms with Crippen molar-refractivity contribution in [1.82, 2.24) is 4.98 Å². The van der Waals surface area contributed by atoms with Gasteiger partial charge in [-0.2, -0.15) is 5.10 Å². The molecule has 0 spiro atoms. The predicted octanol–water partition coefficient (Wildman–Crippen LogP) is 5.32. The fourth-order valence-corrected chi connectivity index (χ4v) is 2.87. The number of nitrogens with one attached hydrogen (secondary N) is 1. The summed E-state index contributed by atoms with van der Waals surface area (Å²) in [6.07, 6.45) is 2.65. The quantitative estimate of drug-likeness (QED) is 0.319. The van der Waals surface area contributed by atoms with Crippen molar-refractivity contribution in [2.45, 2.75) is 6.61 Å². The molecule has 0 aliphatic heterocycles. The van der Waals surface area contributed by atoms with Crippen LogP contribution in [0.2, 0.25) is 10.0 Å². The highest BCUT2D eigenvalue weighted by Gasteiger charge is 2.10.